The summed E-state index contributed by atoms with van der Waals surface area (Å²) in [5.41, 5.74) is 5.66. The van der Waals surface area contributed by atoms with Crippen molar-refractivity contribution in [1.29, 1.82) is 0 Å². The van der Waals surface area contributed by atoms with Gasteiger partial charge in [0.15, 0.2) is 23.1 Å². The fourth-order valence-corrected chi connectivity index (χ4v) is 6.68. The maximum atomic E-state index is 14.0. The van der Waals surface area contributed by atoms with Crippen molar-refractivity contribution in [3.8, 4) is 11.5 Å². The summed E-state index contributed by atoms with van der Waals surface area (Å²) in [6.07, 6.45) is 3.41. The van der Waals surface area contributed by atoms with Gasteiger partial charge in [-0.25, -0.2) is 0 Å². The van der Waals surface area contributed by atoms with Crippen molar-refractivity contribution in [3.05, 3.63) is 82.2 Å². The van der Waals surface area contributed by atoms with Crippen LogP contribution in [0.25, 0.3) is 0 Å². The molecule has 0 fully saturated rings. The second-order valence-electron chi connectivity index (χ2n) is 12.8. The number of Topliss-reactive ketones (excluding diaryl/α,β-unsaturated/α-hetero) is 2. The molecule has 2 aliphatic carbocycles. The number of nitrogens with zero attached hydrogens (tertiary/aromatic N) is 1. The fraction of sp³-hybridized carbons (Fsp3) is 0.471. The molecule has 1 aliphatic heterocycles. The number of hydrogen-bond acceptors (Lipinski definition) is 5. The molecule has 0 N–H and O–H groups in total. The highest BCUT2D eigenvalue weighted by Gasteiger charge is 2.49. The molecule has 5 rings (SSSR count). The van der Waals surface area contributed by atoms with E-state index in [2.05, 4.69) is 56.9 Å². The van der Waals surface area contributed by atoms with Crippen LogP contribution in [0.1, 0.15) is 77.3 Å². The fourth-order valence-electron chi connectivity index (χ4n) is 6.68. The normalized spacial score (nSPS) is 20.6. The summed E-state index contributed by atoms with van der Waals surface area (Å²) in [6.45, 7) is 11.9. The number of carbonyl (C=O) groups is 2. The van der Waals surface area contributed by atoms with E-state index in [-0.39, 0.29) is 28.3 Å². The molecule has 0 spiro atoms. The molecule has 39 heavy (non-hydrogen) atoms. The Hall–Kier alpha value is -3.34. The maximum Gasteiger partial charge on any atom is 0.162 e. The lowest BCUT2D eigenvalue weighted by Gasteiger charge is -2.49. The second kappa shape index (κ2) is 10.3. The molecule has 0 radical (unpaired) electrons. The molecule has 5 heteroatoms. The minimum atomic E-state index is -0.389. The van der Waals surface area contributed by atoms with Gasteiger partial charge in [0.2, 0.25) is 0 Å². The molecule has 3 aliphatic rings. The van der Waals surface area contributed by atoms with E-state index in [4.69, 9.17) is 9.47 Å². The zero-order valence-corrected chi connectivity index (χ0v) is 24.2. The molecule has 0 saturated carbocycles. The summed E-state index contributed by atoms with van der Waals surface area (Å²) in [6, 6.07) is 16.3. The summed E-state index contributed by atoms with van der Waals surface area (Å²) < 4.78 is 11.5. The first kappa shape index (κ1) is 27.2. The van der Waals surface area contributed by atoms with Crippen molar-refractivity contribution < 1.29 is 19.1 Å². The minimum Gasteiger partial charge on any atom is -0.493 e. The molecular weight excluding hydrogens is 486 g/mol. The van der Waals surface area contributed by atoms with Crippen LogP contribution in [0.5, 0.6) is 11.5 Å². The van der Waals surface area contributed by atoms with Gasteiger partial charge in [0.05, 0.1) is 13.7 Å². The first-order chi connectivity index (χ1) is 18.5. The van der Waals surface area contributed by atoms with Crippen LogP contribution >= 0.6 is 0 Å². The Morgan fingerprint density at radius 2 is 1.41 bits per heavy atom. The van der Waals surface area contributed by atoms with Gasteiger partial charge in [-0.1, -0.05) is 64.1 Å². The lowest BCUT2D eigenvalue weighted by Crippen LogP contribution is -2.45. The number of methoxy groups -OCH3 is 1. The third kappa shape index (κ3) is 5.28. The standard InChI is InChI=1S/C34H41NO4/c1-7-39-29-17-23(13-14-28(29)38-6)30-31-24(18-33(2,3)20-26(31)36)35(16-15-22-11-9-8-10-12-22)25-19-34(4,5)21-27(37)32(25)30/h8-14,17,30H,7,15-16,18-21H2,1-6H3. The van der Waals surface area contributed by atoms with Crippen LogP contribution in [0.3, 0.4) is 0 Å². The quantitative estimate of drug-likeness (QED) is 0.387. The van der Waals surface area contributed by atoms with Crippen molar-refractivity contribution >= 4 is 11.6 Å². The Morgan fingerprint density at radius 3 is 1.95 bits per heavy atom. The lowest BCUT2D eigenvalue weighted by molar-refractivity contribution is -0.119. The topological polar surface area (TPSA) is 55.8 Å². The summed E-state index contributed by atoms with van der Waals surface area (Å²) in [7, 11) is 1.63. The van der Waals surface area contributed by atoms with Crippen LogP contribution < -0.4 is 9.47 Å². The zero-order valence-electron chi connectivity index (χ0n) is 24.2. The predicted octanol–water partition coefficient (Wildman–Crippen LogP) is 7.02. The Morgan fingerprint density at radius 1 is 0.821 bits per heavy atom. The van der Waals surface area contributed by atoms with Crippen molar-refractivity contribution in [2.75, 3.05) is 20.3 Å². The largest absolute Gasteiger partial charge is 0.493 e. The van der Waals surface area contributed by atoms with Crippen LogP contribution in [0.2, 0.25) is 0 Å². The molecule has 0 atom stereocenters. The molecule has 2 aromatic rings. The first-order valence-electron chi connectivity index (χ1n) is 14.2. The average Bonchev–Trinajstić information content (AvgIpc) is 2.86. The lowest BCUT2D eigenvalue weighted by atomic mass is 9.63. The molecular formula is C34H41NO4. The summed E-state index contributed by atoms with van der Waals surface area (Å²) in [5.74, 6) is 1.19. The summed E-state index contributed by atoms with van der Waals surface area (Å²) >= 11 is 0. The highest BCUT2D eigenvalue weighted by Crippen LogP contribution is 2.55. The molecule has 0 unspecified atom stereocenters. The van der Waals surface area contributed by atoms with E-state index in [0.717, 1.165) is 53.9 Å². The van der Waals surface area contributed by atoms with Crippen molar-refractivity contribution in [2.24, 2.45) is 10.8 Å². The van der Waals surface area contributed by atoms with Crippen molar-refractivity contribution in [1.82, 2.24) is 4.90 Å². The van der Waals surface area contributed by atoms with E-state index in [1.54, 1.807) is 7.11 Å². The highest BCUT2D eigenvalue weighted by atomic mass is 16.5. The van der Waals surface area contributed by atoms with Crippen molar-refractivity contribution in [2.45, 2.75) is 72.6 Å². The van der Waals surface area contributed by atoms with E-state index in [9.17, 15) is 9.59 Å². The van der Waals surface area contributed by atoms with Gasteiger partial charge in [0.25, 0.3) is 0 Å². The van der Waals surface area contributed by atoms with Crippen LogP contribution in [0.4, 0.5) is 0 Å². The van der Waals surface area contributed by atoms with Crippen molar-refractivity contribution in [3.63, 3.8) is 0 Å². The van der Waals surface area contributed by atoms with Gasteiger partial charge in [0, 0.05) is 47.8 Å². The van der Waals surface area contributed by atoms with Gasteiger partial charge in [-0.15, -0.1) is 0 Å². The Bertz CT molecular complexity index is 1290. The number of hydrogen-bond donors (Lipinski definition) is 0. The smallest absolute Gasteiger partial charge is 0.162 e. The molecule has 0 bridgehead atoms. The SMILES string of the molecule is CCOc1cc(C2C3=C(CC(C)(C)CC3=O)N(CCc3ccccc3)C3=C2C(=O)CC(C)(C)C3)ccc1OC. The number of benzene rings is 2. The molecule has 5 nitrogen and oxygen atoms in total. The molecule has 0 amide bonds. The van der Waals surface area contributed by atoms with Crippen LogP contribution in [0, 0.1) is 10.8 Å². The Labute approximate surface area is 232 Å². The van der Waals surface area contributed by atoms with E-state index in [1.807, 2.05) is 31.2 Å². The molecule has 1 heterocycles. The number of carbonyl (C=O) groups excluding carboxylic acids is 2. The number of ketones is 2. The van der Waals surface area contributed by atoms with Crippen LogP contribution in [-0.2, 0) is 16.0 Å². The number of rotatable bonds is 7. The summed E-state index contributed by atoms with van der Waals surface area (Å²) in [5, 5.41) is 0. The van der Waals surface area contributed by atoms with Gasteiger partial charge in [-0.3, -0.25) is 9.59 Å². The molecule has 0 aromatic heterocycles. The highest BCUT2D eigenvalue weighted by molar-refractivity contribution is 6.06. The minimum absolute atomic E-state index is 0.145. The third-order valence-corrected chi connectivity index (χ3v) is 8.31. The second-order valence-corrected chi connectivity index (χ2v) is 12.8. The Balaban J connectivity index is 1.71. The number of ether oxygens (including phenoxy) is 2. The maximum absolute atomic E-state index is 14.0. The molecule has 2 aromatic carbocycles. The van der Waals surface area contributed by atoms with E-state index >= 15 is 0 Å². The molecule has 206 valence electrons. The van der Waals surface area contributed by atoms with Gasteiger partial charge in [-0.2, -0.15) is 0 Å². The predicted molar refractivity (Wildman–Crippen MR) is 154 cm³/mol. The Kier molecular flexibility index (Phi) is 7.21. The zero-order chi connectivity index (χ0) is 27.9. The van der Waals surface area contributed by atoms with Gasteiger partial charge in [-0.05, 0) is 60.3 Å². The van der Waals surface area contributed by atoms with E-state index < -0.39 is 0 Å². The van der Waals surface area contributed by atoms with Gasteiger partial charge >= 0.3 is 0 Å². The monoisotopic (exact) mass is 527 g/mol. The van der Waals surface area contributed by atoms with Gasteiger partial charge < -0.3 is 14.4 Å². The average molecular weight is 528 g/mol. The van der Waals surface area contributed by atoms with Crippen LogP contribution in [0.15, 0.2) is 71.1 Å². The van der Waals surface area contributed by atoms with E-state index in [0.29, 0.717) is 30.9 Å². The van der Waals surface area contributed by atoms with Crippen LogP contribution in [-0.4, -0.2) is 36.7 Å². The first-order valence-corrected chi connectivity index (χ1v) is 14.2. The number of allylic oxidation sites excluding steroid dienone is 4. The van der Waals surface area contributed by atoms with Gasteiger partial charge in [0.1, 0.15) is 0 Å². The third-order valence-electron chi connectivity index (χ3n) is 8.31. The summed E-state index contributed by atoms with van der Waals surface area (Å²) in [4.78, 5) is 30.4. The van der Waals surface area contributed by atoms with E-state index in [1.165, 1.54) is 5.56 Å². The molecule has 0 saturated heterocycles.